The number of hydrogen-bond donors (Lipinski definition) is 0. The van der Waals surface area contributed by atoms with Crippen molar-refractivity contribution >= 4 is 27.5 Å². The second-order valence-corrected chi connectivity index (χ2v) is 11.4. The van der Waals surface area contributed by atoms with Gasteiger partial charge in [-0.05, 0) is 79.9 Å². The third-order valence-corrected chi connectivity index (χ3v) is 8.64. The van der Waals surface area contributed by atoms with E-state index in [1.807, 2.05) is 6.07 Å². The summed E-state index contributed by atoms with van der Waals surface area (Å²) in [6, 6.07) is 52.3. The quantitative estimate of drug-likeness (QED) is 0.193. The predicted octanol–water partition coefficient (Wildman–Crippen LogP) is 10.8. The van der Waals surface area contributed by atoms with E-state index in [0.717, 1.165) is 9.50 Å². The second kappa shape index (κ2) is 9.68. The van der Waals surface area contributed by atoms with Crippen LogP contribution in [0.1, 0.15) is 22.3 Å². The van der Waals surface area contributed by atoms with Crippen molar-refractivity contribution < 1.29 is 0 Å². The molecule has 2 heteroatoms. The zero-order valence-electron chi connectivity index (χ0n) is 21.1. The zero-order valence-corrected chi connectivity index (χ0v) is 23.5. The first-order valence-electron chi connectivity index (χ1n) is 13.1. The first kappa shape index (κ1) is 24.2. The van der Waals surface area contributed by atoms with E-state index in [-0.39, 0.29) is 0 Å². The van der Waals surface area contributed by atoms with Crippen molar-refractivity contribution in [3.8, 4) is 33.4 Å². The van der Waals surface area contributed by atoms with Gasteiger partial charge in [-0.1, -0.05) is 149 Å². The molecule has 186 valence electrons. The van der Waals surface area contributed by atoms with Crippen LogP contribution >= 0.6 is 27.5 Å². The van der Waals surface area contributed by atoms with Gasteiger partial charge in [-0.3, -0.25) is 0 Å². The monoisotopic (exact) mass is 582 g/mol. The van der Waals surface area contributed by atoms with Gasteiger partial charge in [-0.25, -0.2) is 0 Å². The highest BCUT2D eigenvalue weighted by Gasteiger charge is 2.46. The Morgan fingerprint density at radius 1 is 0.436 bits per heavy atom. The molecule has 0 saturated heterocycles. The van der Waals surface area contributed by atoms with Crippen LogP contribution in [0.3, 0.4) is 0 Å². The van der Waals surface area contributed by atoms with Crippen LogP contribution in [0.25, 0.3) is 33.4 Å². The van der Waals surface area contributed by atoms with E-state index in [1.165, 1.54) is 55.6 Å². The molecule has 0 heterocycles. The summed E-state index contributed by atoms with van der Waals surface area (Å²) in [4.78, 5) is 0. The van der Waals surface area contributed by atoms with Gasteiger partial charge in [-0.15, -0.1) is 0 Å². The maximum atomic E-state index is 6.58. The van der Waals surface area contributed by atoms with Gasteiger partial charge in [0.15, 0.2) is 0 Å². The van der Waals surface area contributed by atoms with Crippen molar-refractivity contribution in [1.82, 2.24) is 0 Å². The Morgan fingerprint density at radius 2 is 0.872 bits per heavy atom. The fourth-order valence-corrected chi connectivity index (χ4v) is 6.69. The highest BCUT2D eigenvalue weighted by Crippen LogP contribution is 2.57. The van der Waals surface area contributed by atoms with Gasteiger partial charge in [0, 0.05) is 9.50 Å². The van der Waals surface area contributed by atoms with E-state index in [2.05, 4.69) is 155 Å². The molecule has 1 aliphatic carbocycles. The molecule has 39 heavy (non-hydrogen) atoms. The smallest absolute Gasteiger partial charge is 0.0713 e. The second-order valence-electron chi connectivity index (χ2n) is 10.0. The molecule has 0 aromatic heterocycles. The standard InChI is InChI=1S/C37H24BrCl/c38-31-19-21-35-33(23-31)34-24-32(39)20-22-36(34)37(35,29-15-11-27(12-16-29)25-7-3-1-4-8-25)30-17-13-28(14-18-30)26-9-5-2-6-10-26/h1-24H. The van der Waals surface area contributed by atoms with E-state index < -0.39 is 5.41 Å². The van der Waals surface area contributed by atoms with Crippen LogP contribution in [0, 0.1) is 0 Å². The number of hydrogen-bond acceptors (Lipinski definition) is 0. The summed E-state index contributed by atoms with van der Waals surface area (Å²) in [5.74, 6) is 0. The molecule has 0 aliphatic heterocycles. The summed E-state index contributed by atoms with van der Waals surface area (Å²) in [5.41, 5.74) is 11.8. The average Bonchev–Trinajstić information content (AvgIpc) is 3.27. The van der Waals surface area contributed by atoms with Gasteiger partial charge < -0.3 is 0 Å². The maximum Gasteiger partial charge on any atom is 0.0713 e. The van der Waals surface area contributed by atoms with Crippen molar-refractivity contribution in [3.05, 3.63) is 177 Å². The molecule has 0 atom stereocenters. The van der Waals surface area contributed by atoms with Crippen LogP contribution in [0.5, 0.6) is 0 Å². The van der Waals surface area contributed by atoms with Gasteiger partial charge in [0.05, 0.1) is 5.41 Å². The summed E-state index contributed by atoms with van der Waals surface area (Å²) in [7, 11) is 0. The van der Waals surface area contributed by atoms with Crippen LogP contribution in [0.2, 0.25) is 5.02 Å². The molecule has 0 amide bonds. The summed E-state index contributed by atoms with van der Waals surface area (Å²) in [6.45, 7) is 0. The normalized spacial score (nSPS) is 13.1. The molecule has 0 spiro atoms. The van der Waals surface area contributed by atoms with E-state index in [9.17, 15) is 0 Å². The number of halogens is 2. The molecule has 0 N–H and O–H groups in total. The Labute approximate surface area is 242 Å². The average molecular weight is 584 g/mol. The summed E-state index contributed by atoms with van der Waals surface area (Å²) >= 11 is 10.3. The SMILES string of the molecule is Clc1ccc2c(c1)-c1cc(Br)ccc1C2(c1ccc(-c2ccccc2)cc1)c1ccc(-c2ccccc2)cc1. The number of fused-ring (bicyclic) bond motifs is 3. The molecule has 0 saturated carbocycles. The Bertz CT molecular complexity index is 1650. The lowest BCUT2D eigenvalue weighted by molar-refractivity contribution is 0.768. The molecular weight excluding hydrogens is 560 g/mol. The third kappa shape index (κ3) is 3.97. The van der Waals surface area contributed by atoms with E-state index in [1.54, 1.807) is 0 Å². The fourth-order valence-electron chi connectivity index (χ4n) is 6.15. The van der Waals surface area contributed by atoms with Gasteiger partial charge >= 0.3 is 0 Å². The summed E-state index contributed by atoms with van der Waals surface area (Å²) in [6.07, 6.45) is 0. The molecule has 7 rings (SSSR count). The van der Waals surface area contributed by atoms with Crippen molar-refractivity contribution in [2.75, 3.05) is 0 Å². The van der Waals surface area contributed by atoms with Crippen LogP contribution < -0.4 is 0 Å². The minimum Gasteiger partial charge on any atom is -0.0843 e. The summed E-state index contributed by atoms with van der Waals surface area (Å²) in [5, 5.41) is 0.745. The number of benzene rings is 6. The molecule has 0 nitrogen and oxygen atoms in total. The van der Waals surface area contributed by atoms with Gasteiger partial charge in [0.2, 0.25) is 0 Å². The lowest BCUT2D eigenvalue weighted by Crippen LogP contribution is -2.28. The number of rotatable bonds is 4. The van der Waals surface area contributed by atoms with Gasteiger partial charge in [0.25, 0.3) is 0 Å². The highest BCUT2D eigenvalue weighted by molar-refractivity contribution is 9.10. The third-order valence-electron chi connectivity index (χ3n) is 7.91. The topological polar surface area (TPSA) is 0 Å². The van der Waals surface area contributed by atoms with Crippen LogP contribution in [-0.2, 0) is 5.41 Å². The molecule has 0 fully saturated rings. The van der Waals surface area contributed by atoms with Gasteiger partial charge in [-0.2, -0.15) is 0 Å². The first-order valence-corrected chi connectivity index (χ1v) is 14.2. The van der Waals surface area contributed by atoms with Crippen LogP contribution in [0.15, 0.2) is 150 Å². The van der Waals surface area contributed by atoms with Crippen molar-refractivity contribution in [2.24, 2.45) is 0 Å². The van der Waals surface area contributed by atoms with Crippen molar-refractivity contribution in [2.45, 2.75) is 5.41 Å². The lowest BCUT2D eigenvalue weighted by Gasteiger charge is -2.34. The highest BCUT2D eigenvalue weighted by atomic mass is 79.9. The van der Waals surface area contributed by atoms with E-state index in [0.29, 0.717) is 0 Å². The molecule has 0 unspecified atom stereocenters. The Morgan fingerprint density at radius 3 is 1.38 bits per heavy atom. The molecule has 6 aromatic rings. The largest absolute Gasteiger partial charge is 0.0843 e. The van der Waals surface area contributed by atoms with Crippen molar-refractivity contribution in [3.63, 3.8) is 0 Å². The van der Waals surface area contributed by atoms with E-state index in [4.69, 9.17) is 11.6 Å². The fraction of sp³-hybridized carbons (Fsp3) is 0.0270. The van der Waals surface area contributed by atoms with Crippen molar-refractivity contribution in [1.29, 1.82) is 0 Å². The molecule has 1 aliphatic rings. The lowest BCUT2D eigenvalue weighted by atomic mass is 9.67. The minimum absolute atomic E-state index is 0.472. The maximum absolute atomic E-state index is 6.58. The predicted molar refractivity (Wildman–Crippen MR) is 167 cm³/mol. The van der Waals surface area contributed by atoms with Gasteiger partial charge in [0.1, 0.15) is 0 Å². The Kier molecular flexibility index (Phi) is 6.00. The van der Waals surface area contributed by atoms with Crippen LogP contribution in [0.4, 0.5) is 0 Å². The zero-order chi connectivity index (χ0) is 26.4. The van der Waals surface area contributed by atoms with Crippen LogP contribution in [-0.4, -0.2) is 0 Å². The molecule has 6 aromatic carbocycles. The molecule has 0 radical (unpaired) electrons. The first-order chi connectivity index (χ1) is 19.1. The minimum atomic E-state index is -0.472. The Hall–Kier alpha value is -3.91. The van der Waals surface area contributed by atoms with E-state index >= 15 is 0 Å². The Balaban J connectivity index is 1.49. The molecule has 0 bridgehead atoms. The summed E-state index contributed by atoms with van der Waals surface area (Å²) < 4.78 is 1.06. The molecular formula is C37H24BrCl.